The maximum absolute atomic E-state index is 13.9. The summed E-state index contributed by atoms with van der Waals surface area (Å²) in [5, 5.41) is 2.81. The number of alkyl halides is 2. The lowest BCUT2D eigenvalue weighted by molar-refractivity contribution is -0.00355. The molecule has 0 aliphatic carbocycles. The molecule has 0 fully saturated rings. The molecule has 102 valence electrons. The van der Waals surface area contributed by atoms with Crippen LogP contribution in [-0.2, 0) is 5.92 Å². The fraction of sp³-hybridized carbons (Fsp3) is 0.600. The summed E-state index contributed by atoms with van der Waals surface area (Å²) in [7, 11) is 0. The second-order valence-electron chi connectivity index (χ2n) is 5.51. The fourth-order valence-corrected chi connectivity index (χ4v) is 1.73. The van der Waals surface area contributed by atoms with Crippen LogP contribution in [0.3, 0.4) is 0 Å². The van der Waals surface area contributed by atoms with E-state index in [2.05, 4.69) is 19.2 Å². The minimum absolute atomic E-state index is 0.0863. The summed E-state index contributed by atoms with van der Waals surface area (Å²) >= 11 is 0. The monoisotopic (exact) mass is 255 g/mol. The maximum Gasteiger partial charge on any atom is 0.285 e. The minimum Gasteiger partial charge on any atom is -0.311 e. The first-order valence-corrected chi connectivity index (χ1v) is 6.52. The van der Waals surface area contributed by atoms with Gasteiger partial charge in [0.15, 0.2) is 0 Å². The third kappa shape index (κ3) is 4.37. The largest absolute Gasteiger partial charge is 0.311 e. The molecule has 1 nitrogen and oxygen atoms in total. The summed E-state index contributed by atoms with van der Waals surface area (Å²) in [4.78, 5) is 0. The van der Waals surface area contributed by atoms with Crippen LogP contribution in [0.15, 0.2) is 24.3 Å². The first kappa shape index (κ1) is 15.1. The Kier molecular flexibility index (Phi) is 5.27. The number of nitrogens with one attached hydrogen (secondary N) is 1. The maximum atomic E-state index is 13.9. The van der Waals surface area contributed by atoms with Gasteiger partial charge in [0.05, 0.1) is 6.54 Å². The zero-order valence-electron chi connectivity index (χ0n) is 11.6. The Morgan fingerprint density at radius 3 is 2.06 bits per heavy atom. The Hall–Kier alpha value is -0.960. The first-order valence-electron chi connectivity index (χ1n) is 6.52. The van der Waals surface area contributed by atoms with Gasteiger partial charge in [0, 0.05) is 5.56 Å². The van der Waals surface area contributed by atoms with E-state index in [4.69, 9.17) is 0 Å². The predicted octanol–water partition coefficient (Wildman–Crippen LogP) is 4.15. The normalized spacial score (nSPS) is 12.4. The van der Waals surface area contributed by atoms with Gasteiger partial charge in [-0.25, -0.2) is 0 Å². The highest BCUT2D eigenvalue weighted by atomic mass is 19.3. The molecule has 0 bridgehead atoms. The molecule has 0 aliphatic rings. The molecule has 0 spiro atoms. The van der Waals surface area contributed by atoms with Gasteiger partial charge in [-0.1, -0.05) is 52.0 Å². The molecular weight excluding hydrogens is 232 g/mol. The van der Waals surface area contributed by atoms with E-state index in [-0.39, 0.29) is 12.1 Å². The third-order valence-corrected chi connectivity index (χ3v) is 2.90. The molecule has 0 amide bonds. The van der Waals surface area contributed by atoms with Gasteiger partial charge in [-0.2, -0.15) is 8.78 Å². The lowest BCUT2D eigenvalue weighted by atomic mass is 9.99. The van der Waals surface area contributed by atoms with Gasteiger partial charge in [-0.15, -0.1) is 0 Å². The van der Waals surface area contributed by atoms with Crippen molar-refractivity contribution in [1.82, 2.24) is 5.32 Å². The quantitative estimate of drug-likeness (QED) is 0.805. The Morgan fingerprint density at radius 2 is 1.61 bits per heavy atom. The van der Waals surface area contributed by atoms with Crippen LogP contribution >= 0.6 is 0 Å². The minimum atomic E-state index is -2.80. The topological polar surface area (TPSA) is 12.0 Å². The standard InChI is InChI=1S/C15H23F2N/c1-11(2)9-18-10-15(16,17)14-7-5-13(6-8-14)12(3)4/h5-8,11-12,18H,9-10H2,1-4H3. The Labute approximate surface area is 109 Å². The van der Waals surface area contributed by atoms with Gasteiger partial charge in [-0.05, 0) is 23.9 Å². The van der Waals surface area contributed by atoms with Crippen LogP contribution in [-0.4, -0.2) is 13.1 Å². The van der Waals surface area contributed by atoms with Crippen LogP contribution < -0.4 is 5.32 Å². The van der Waals surface area contributed by atoms with Crippen LogP contribution in [0, 0.1) is 5.92 Å². The number of rotatable bonds is 6. The molecule has 0 atom stereocenters. The average Bonchev–Trinajstić information content (AvgIpc) is 2.28. The van der Waals surface area contributed by atoms with E-state index < -0.39 is 5.92 Å². The highest BCUT2D eigenvalue weighted by Crippen LogP contribution is 2.28. The lowest BCUT2D eigenvalue weighted by Gasteiger charge is -2.19. The van der Waals surface area contributed by atoms with Crippen molar-refractivity contribution in [2.24, 2.45) is 5.92 Å². The van der Waals surface area contributed by atoms with Gasteiger partial charge < -0.3 is 5.32 Å². The molecule has 0 saturated carbocycles. The van der Waals surface area contributed by atoms with E-state index in [1.807, 2.05) is 13.8 Å². The highest BCUT2D eigenvalue weighted by Gasteiger charge is 2.30. The van der Waals surface area contributed by atoms with Gasteiger partial charge in [0.25, 0.3) is 5.92 Å². The number of hydrogen-bond donors (Lipinski definition) is 1. The second kappa shape index (κ2) is 6.28. The summed E-state index contributed by atoms with van der Waals surface area (Å²) in [6.07, 6.45) is 0. The SMILES string of the molecule is CC(C)CNCC(F)(F)c1ccc(C(C)C)cc1. The van der Waals surface area contributed by atoms with Crippen LogP contribution in [0.2, 0.25) is 0 Å². The number of hydrogen-bond acceptors (Lipinski definition) is 1. The predicted molar refractivity (Wildman–Crippen MR) is 72.1 cm³/mol. The zero-order chi connectivity index (χ0) is 13.8. The summed E-state index contributed by atoms with van der Waals surface area (Å²) in [5.74, 6) is -2.06. The fourth-order valence-electron chi connectivity index (χ4n) is 1.73. The van der Waals surface area contributed by atoms with Crippen molar-refractivity contribution in [2.75, 3.05) is 13.1 Å². The molecule has 1 aromatic rings. The van der Waals surface area contributed by atoms with Crippen molar-refractivity contribution in [2.45, 2.75) is 39.5 Å². The van der Waals surface area contributed by atoms with Crippen molar-refractivity contribution < 1.29 is 8.78 Å². The van der Waals surface area contributed by atoms with E-state index in [0.29, 0.717) is 18.4 Å². The second-order valence-corrected chi connectivity index (χ2v) is 5.51. The molecule has 0 heterocycles. The molecule has 18 heavy (non-hydrogen) atoms. The molecule has 1 rings (SSSR count). The van der Waals surface area contributed by atoms with Crippen molar-refractivity contribution in [3.05, 3.63) is 35.4 Å². The first-order chi connectivity index (χ1) is 8.33. The molecule has 0 saturated heterocycles. The molecule has 1 N–H and O–H groups in total. The molecular formula is C15H23F2N. The summed E-state index contributed by atoms with van der Waals surface area (Å²) < 4.78 is 27.8. The molecule has 0 radical (unpaired) electrons. The van der Waals surface area contributed by atoms with E-state index in [0.717, 1.165) is 5.56 Å². The van der Waals surface area contributed by atoms with Crippen molar-refractivity contribution >= 4 is 0 Å². The van der Waals surface area contributed by atoms with Crippen LogP contribution in [0.25, 0.3) is 0 Å². The molecule has 0 aromatic heterocycles. The van der Waals surface area contributed by atoms with E-state index in [1.54, 1.807) is 12.1 Å². The van der Waals surface area contributed by atoms with Crippen molar-refractivity contribution in [3.63, 3.8) is 0 Å². The summed E-state index contributed by atoms with van der Waals surface area (Å²) in [5.41, 5.74) is 1.17. The summed E-state index contributed by atoms with van der Waals surface area (Å²) in [6, 6.07) is 6.64. The van der Waals surface area contributed by atoms with E-state index in [1.165, 1.54) is 12.1 Å². The van der Waals surface area contributed by atoms with Crippen molar-refractivity contribution in [1.29, 1.82) is 0 Å². The Balaban J connectivity index is 2.66. The molecule has 0 unspecified atom stereocenters. The van der Waals surface area contributed by atoms with Crippen LogP contribution in [0.1, 0.15) is 44.7 Å². The number of benzene rings is 1. The highest BCUT2D eigenvalue weighted by molar-refractivity contribution is 5.27. The van der Waals surface area contributed by atoms with Crippen molar-refractivity contribution in [3.8, 4) is 0 Å². The van der Waals surface area contributed by atoms with Crippen LogP contribution in [0.5, 0.6) is 0 Å². The Bertz CT molecular complexity index is 355. The Morgan fingerprint density at radius 1 is 1.06 bits per heavy atom. The smallest absolute Gasteiger partial charge is 0.285 e. The van der Waals surface area contributed by atoms with E-state index in [9.17, 15) is 8.78 Å². The van der Waals surface area contributed by atoms with Gasteiger partial charge >= 0.3 is 0 Å². The third-order valence-electron chi connectivity index (χ3n) is 2.90. The molecule has 0 aliphatic heterocycles. The molecule has 3 heteroatoms. The van der Waals surface area contributed by atoms with Gasteiger partial charge in [-0.3, -0.25) is 0 Å². The van der Waals surface area contributed by atoms with Gasteiger partial charge in [0.2, 0.25) is 0 Å². The van der Waals surface area contributed by atoms with Gasteiger partial charge in [0.1, 0.15) is 0 Å². The molecule has 1 aromatic carbocycles. The average molecular weight is 255 g/mol. The van der Waals surface area contributed by atoms with Crippen LogP contribution in [0.4, 0.5) is 8.78 Å². The number of halogens is 2. The lowest BCUT2D eigenvalue weighted by Crippen LogP contribution is -2.32. The zero-order valence-corrected chi connectivity index (χ0v) is 11.6. The van der Waals surface area contributed by atoms with E-state index >= 15 is 0 Å². The summed E-state index contributed by atoms with van der Waals surface area (Å²) in [6.45, 7) is 8.42.